The topological polar surface area (TPSA) is 114 Å². The fourth-order valence-electron chi connectivity index (χ4n) is 3.70. The molecule has 1 aliphatic rings. The van der Waals surface area contributed by atoms with Crippen LogP contribution in [0.15, 0.2) is 6.07 Å². The molecular formula is C24H34FN3O6. The minimum absolute atomic E-state index is 0.00271. The molecule has 1 aromatic carbocycles. The van der Waals surface area contributed by atoms with E-state index < -0.39 is 46.4 Å². The molecule has 188 valence electrons. The fraction of sp³-hybridized carbons (Fsp3) is 0.583. The van der Waals surface area contributed by atoms with Gasteiger partial charge in [-0.1, -0.05) is 0 Å². The first-order valence-corrected chi connectivity index (χ1v) is 11.0. The van der Waals surface area contributed by atoms with E-state index >= 15 is 0 Å². The van der Waals surface area contributed by atoms with Crippen molar-refractivity contribution < 1.29 is 33.0 Å². The van der Waals surface area contributed by atoms with E-state index in [1.54, 1.807) is 48.5 Å². The van der Waals surface area contributed by atoms with Gasteiger partial charge in [0.15, 0.2) is 5.78 Å². The summed E-state index contributed by atoms with van der Waals surface area (Å²) in [5.74, 6) is -1.63. The maximum Gasteiger partial charge on any atom is 0.430 e. The van der Waals surface area contributed by atoms with Gasteiger partial charge in [0.2, 0.25) is 5.91 Å². The van der Waals surface area contributed by atoms with Gasteiger partial charge in [0, 0.05) is 12.5 Å². The van der Waals surface area contributed by atoms with E-state index in [0.29, 0.717) is 5.56 Å². The molecule has 0 heterocycles. The summed E-state index contributed by atoms with van der Waals surface area (Å²) in [4.78, 5) is 51.3. The molecule has 34 heavy (non-hydrogen) atoms. The van der Waals surface area contributed by atoms with Gasteiger partial charge in [0.1, 0.15) is 22.6 Å². The van der Waals surface area contributed by atoms with Crippen molar-refractivity contribution in [3.8, 4) is 0 Å². The minimum atomic E-state index is -1.61. The summed E-state index contributed by atoms with van der Waals surface area (Å²) in [6.45, 7) is 14.2. The zero-order valence-corrected chi connectivity index (χ0v) is 21.3. The predicted molar refractivity (Wildman–Crippen MR) is 124 cm³/mol. The third-order valence-electron chi connectivity index (χ3n) is 5.21. The third kappa shape index (κ3) is 6.03. The molecule has 0 saturated heterocycles. The Bertz CT molecular complexity index is 1030. The molecule has 2 N–H and O–H groups in total. The maximum absolute atomic E-state index is 14.5. The van der Waals surface area contributed by atoms with Gasteiger partial charge in [-0.15, -0.1) is 0 Å². The number of rotatable bonds is 2. The van der Waals surface area contributed by atoms with E-state index in [4.69, 9.17) is 9.47 Å². The molecule has 0 aliphatic heterocycles. The molecule has 1 atom stereocenters. The van der Waals surface area contributed by atoms with Crippen LogP contribution in [0.4, 0.5) is 19.7 Å². The zero-order valence-electron chi connectivity index (χ0n) is 21.3. The Hall–Kier alpha value is -3.17. The second kappa shape index (κ2) is 9.23. The molecule has 0 aromatic heterocycles. The van der Waals surface area contributed by atoms with Crippen molar-refractivity contribution in [3.63, 3.8) is 0 Å². The van der Waals surface area contributed by atoms with E-state index in [-0.39, 0.29) is 29.7 Å². The van der Waals surface area contributed by atoms with Crippen LogP contribution in [0, 0.1) is 12.7 Å². The summed E-state index contributed by atoms with van der Waals surface area (Å²) in [6.07, 6.45) is -1.63. The molecular weight excluding hydrogens is 445 g/mol. The highest BCUT2D eigenvalue weighted by molar-refractivity contribution is 6.12. The molecule has 9 nitrogen and oxygen atoms in total. The number of halogens is 1. The van der Waals surface area contributed by atoms with Crippen LogP contribution in [0.25, 0.3) is 0 Å². The molecule has 0 saturated carbocycles. The van der Waals surface area contributed by atoms with E-state index in [2.05, 4.69) is 10.7 Å². The average Bonchev–Trinajstić information content (AvgIpc) is 2.63. The first kappa shape index (κ1) is 27.1. The maximum atomic E-state index is 14.5. The molecule has 0 bridgehead atoms. The van der Waals surface area contributed by atoms with E-state index in [1.165, 1.54) is 13.8 Å². The minimum Gasteiger partial charge on any atom is -0.443 e. The lowest BCUT2D eigenvalue weighted by Gasteiger charge is -2.43. The second-order valence-corrected chi connectivity index (χ2v) is 10.6. The van der Waals surface area contributed by atoms with Gasteiger partial charge in [-0.2, -0.15) is 0 Å². The number of hydrogen-bond acceptors (Lipinski definition) is 6. The lowest BCUT2D eigenvalue weighted by molar-refractivity contribution is -0.114. The lowest BCUT2D eigenvalue weighted by Crippen LogP contribution is -2.64. The number of nitrogens with one attached hydrogen (secondary N) is 2. The number of ketones is 1. The quantitative estimate of drug-likeness (QED) is 0.597. The first-order chi connectivity index (χ1) is 15.4. The summed E-state index contributed by atoms with van der Waals surface area (Å²) >= 11 is 0. The van der Waals surface area contributed by atoms with Crippen molar-refractivity contribution in [2.75, 3.05) is 5.32 Å². The summed E-state index contributed by atoms with van der Waals surface area (Å²) in [5.41, 5.74) is -0.210. The summed E-state index contributed by atoms with van der Waals surface area (Å²) in [6, 6.07) is 1.08. The van der Waals surface area contributed by atoms with Gasteiger partial charge >= 0.3 is 12.2 Å². The summed E-state index contributed by atoms with van der Waals surface area (Å²) in [5, 5.41) is 3.33. The zero-order chi connectivity index (χ0) is 26.2. The number of fused-ring (bicyclic) bond motifs is 1. The number of hydrazine groups is 1. The highest BCUT2D eigenvalue weighted by Crippen LogP contribution is 2.39. The van der Waals surface area contributed by atoms with Gasteiger partial charge in [-0.25, -0.2) is 24.4 Å². The average molecular weight is 480 g/mol. The Labute approximate surface area is 199 Å². The highest BCUT2D eigenvalue weighted by atomic mass is 19.1. The van der Waals surface area contributed by atoms with Crippen molar-refractivity contribution in [2.24, 2.45) is 0 Å². The molecule has 0 spiro atoms. The molecule has 10 heteroatoms. The van der Waals surface area contributed by atoms with Crippen LogP contribution >= 0.6 is 0 Å². The van der Waals surface area contributed by atoms with Crippen LogP contribution in [0.5, 0.6) is 0 Å². The monoisotopic (exact) mass is 479 g/mol. The van der Waals surface area contributed by atoms with Crippen molar-refractivity contribution in [1.82, 2.24) is 10.4 Å². The van der Waals surface area contributed by atoms with Gasteiger partial charge in [0.25, 0.3) is 0 Å². The molecule has 1 aromatic rings. The number of amides is 3. The number of nitrogens with zero attached hydrogens (tertiary/aromatic N) is 1. The molecule has 2 rings (SSSR count). The summed E-state index contributed by atoms with van der Waals surface area (Å²) in [7, 11) is 0. The third-order valence-corrected chi connectivity index (χ3v) is 5.21. The van der Waals surface area contributed by atoms with Crippen molar-refractivity contribution >= 4 is 29.6 Å². The largest absolute Gasteiger partial charge is 0.443 e. The number of carbonyl (C=O) groups excluding carboxylic acids is 4. The number of carbonyl (C=O) groups is 4. The Kier molecular flexibility index (Phi) is 7.35. The first-order valence-electron chi connectivity index (χ1n) is 11.0. The van der Waals surface area contributed by atoms with Gasteiger partial charge < -0.3 is 14.8 Å². The Morgan fingerprint density at radius 1 is 1.09 bits per heavy atom. The Morgan fingerprint density at radius 3 is 2.15 bits per heavy atom. The van der Waals surface area contributed by atoms with Crippen LogP contribution in [-0.4, -0.2) is 45.6 Å². The number of Topliss-reactive ketones (excluding diaryl/α,β-unsaturated/α-hetero) is 1. The number of benzene rings is 1. The standard InChI is InChI=1S/C24H34FN3O6/c1-13-15-10-11-24(9,19(30)18(15)17(12-16(13)25)26-14(2)29)28(21(32)34-23(6,7)8)27-20(31)33-22(3,4)5/h12H,10-11H2,1-9H3,(H,26,29)(H,27,31). The molecule has 1 unspecified atom stereocenters. The molecule has 0 radical (unpaired) electrons. The predicted octanol–water partition coefficient (Wildman–Crippen LogP) is 4.66. The highest BCUT2D eigenvalue weighted by Gasteiger charge is 2.49. The lowest BCUT2D eigenvalue weighted by atomic mass is 9.75. The normalized spacial score (nSPS) is 18.0. The molecule has 3 amide bonds. The molecule has 1 aliphatic carbocycles. The van der Waals surface area contributed by atoms with Crippen LogP contribution in [0.3, 0.4) is 0 Å². The van der Waals surface area contributed by atoms with Gasteiger partial charge in [-0.3, -0.25) is 9.59 Å². The smallest absolute Gasteiger partial charge is 0.430 e. The van der Waals surface area contributed by atoms with Gasteiger partial charge in [0.05, 0.1) is 5.69 Å². The SMILES string of the molecule is CC(=O)Nc1cc(F)c(C)c2c1C(=O)C(C)(N(NC(=O)OC(C)(C)C)C(=O)OC(C)(C)C)CC2. The van der Waals surface area contributed by atoms with E-state index in [9.17, 15) is 23.6 Å². The van der Waals surface area contributed by atoms with E-state index in [1.807, 2.05) is 0 Å². The van der Waals surface area contributed by atoms with Crippen molar-refractivity contribution in [3.05, 3.63) is 28.6 Å². The van der Waals surface area contributed by atoms with Crippen LogP contribution in [0.2, 0.25) is 0 Å². The Balaban J connectivity index is 2.60. The van der Waals surface area contributed by atoms with Crippen LogP contribution in [0.1, 0.15) is 83.3 Å². The Morgan fingerprint density at radius 2 is 1.65 bits per heavy atom. The van der Waals surface area contributed by atoms with Crippen LogP contribution in [-0.2, 0) is 20.7 Å². The fourth-order valence-corrected chi connectivity index (χ4v) is 3.70. The van der Waals surface area contributed by atoms with Crippen LogP contribution < -0.4 is 10.7 Å². The summed E-state index contributed by atoms with van der Waals surface area (Å²) < 4.78 is 25.3. The molecule has 0 fully saturated rings. The van der Waals surface area contributed by atoms with Crippen molar-refractivity contribution in [1.29, 1.82) is 0 Å². The second-order valence-electron chi connectivity index (χ2n) is 10.6. The van der Waals surface area contributed by atoms with E-state index in [0.717, 1.165) is 11.1 Å². The number of anilines is 1. The number of hydrogen-bond donors (Lipinski definition) is 2. The van der Waals surface area contributed by atoms with Gasteiger partial charge in [-0.05, 0) is 85.4 Å². The number of ether oxygens (including phenoxy) is 2. The van der Waals surface area contributed by atoms with Crippen molar-refractivity contribution in [2.45, 2.75) is 91.9 Å².